The van der Waals surface area contributed by atoms with Crippen molar-refractivity contribution in [3.8, 4) is 11.1 Å². The molecule has 0 saturated heterocycles. The molecule has 0 unspecified atom stereocenters. The highest BCUT2D eigenvalue weighted by molar-refractivity contribution is 7.15. The molecule has 0 spiro atoms. The van der Waals surface area contributed by atoms with Crippen molar-refractivity contribution >= 4 is 28.2 Å². The van der Waals surface area contributed by atoms with Crippen LogP contribution in [0.1, 0.15) is 20.7 Å². The lowest BCUT2D eigenvalue weighted by atomic mass is 10.0. The molecule has 0 radical (unpaired) electrons. The number of nitrogens with one attached hydrogen (secondary N) is 1. The molecule has 1 aromatic heterocycles. The summed E-state index contributed by atoms with van der Waals surface area (Å²) in [6.07, 6.45) is 0. The molecule has 0 aliphatic rings. The molecule has 3 rings (SSSR count). The first-order valence-corrected chi connectivity index (χ1v) is 8.41. The molecule has 0 fully saturated rings. The maximum atomic E-state index is 13.8. The summed E-state index contributed by atoms with van der Waals surface area (Å²) in [5.74, 6) is -3.61. The minimum absolute atomic E-state index is 0.133. The van der Waals surface area contributed by atoms with E-state index in [1.807, 2.05) is 6.07 Å². The quantitative estimate of drug-likeness (QED) is 0.673. The van der Waals surface area contributed by atoms with Gasteiger partial charge in [-0.2, -0.15) is 0 Å². The van der Waals surface area contributed by atoms with Crippen LogP contribution in [0.2, 0.25) is 0 Å². The standard InChI is InChI=1S/C19H13F2NO3S/c1-25-19(24)15-12(11-6-3-2-4-7-11)10-26-18(15)22-17(23)16-13(20)8-5-9-14(16)21/h2-10H,1H3,(H,22,23). The summed E-state index contributed by atoms with van der Waals surface area (Å²) in [6, 6.07) is 12.2. The lowest BCUT2D eigenvalue weighted by Crippen LogP contribution is -2.17. The van der Waals surface area contributed by atoms with Gasteiger partial charge >= 0.3 is 5.97 Å². The number of ether oxygens (including phenoxy) is 1. The van der Waals surface area contributed by atoms with E-state index < -0.39 is 29.1 Å². The Hall–Kier alpha value is -3.06. The zero-order chi connectivity index (χ0) is 18.7. The van der Waals surface area contributed by atoms with Crippen molar-refractivity contribution in [3.63, 3.8) is 0 Å². The molecule has 26 heavy (non-hydrogen) atoms. The Kier molecular flexibility index (Phi) is 5.09. The fraction of sp³-hybridized carbons (Fsp3) is 0.0526. The number of thiophene rings is 1. The summed E-state index contributed by atoms with van der Waals surface area (Å²) in [5.41, 5.74) is 0.736. The van der Waals surface area contributed by atoms with E-state index in [4.69, 9.17) is 4.74 Å². The first-order valence-electron chi connectivity index (χ1n) is 7.53. The summed E-state index contributed by atoms with van der Waals surface area (Å²) in [5, 5.41) is 4.24. The van der Waals surface area contributed by atoms with Gasteiger partial charge in [-0.3, -0.25) is 4.79 Å². The van der Waals surface area contributed by atoms with E-state index in [2.05, 4.69) is 5.32 Å². The van der Waals surface area contributed by atoms with Crippen LogP contribution >= 0.6 is 11.3 Å². The third-order valence-electron chi connectivity index (χ3n) is 3.68. The van der Waals surface area contributed by atoms with Crippen LogP contribution in [0, 0.1) is 11.6 Å². The van der Waals surface area contributed by atoms with Gasteiger partial charge in [-0.1, -0.05) is 36.4 Å². The molecule has 2 aromatic carbocycles. The Morgan fingerprint density at radius 1 is 0.962 bits per heavy atom. The van der Waals surface area contributed by atoms with Gasteiger partial charge in [-0.25, -0.2) is 13.6 Å². The second kappa shape index (κ2) is 7.45. The number of benzene rings is 2. The number of carbonyl (C=O) groups is 2. The molecule has 1 heterocycles. The average molecular weight is 373 g/mol. The number of hydrogen-bond donors (Lipinski definition) is 1. The van der Waals surface area contributed by atoms with E-state index in [-0.39, 0.29) is 10.6 Å². The minimum atomic E-state index is -0.984. The fourth-order valence-electron chi connectivity index (χ4n) is 2.47. The number of methoxy groups -OCH3 is 1. The highest BCUT2D eigenvalue weighted by Crippen LogP contribution is 2.36. The van der Waals surface area contributed by atoms with Gasteiger partial charge in [-0.05, 0) is 17.7 Å². The van der Waals surface area contributed by atoms with Crippen LogP contribution in [0.25, 0.3) is 11.1 Å². The Labute approximate surface area is 152 Å². The summed E-state index contributed by atoms with van der Waals surface area (Å²) >= 11 is 1.07. The lowest BCUT2D eigenvalue weighted by molar-refractivity contribution is 0.0603. The molecule has 0 aliphatic carbocycles. The first kappa shape index (κ1) is 17.8. The zero-order valence-corrected chi connectivity index (χ0v) is 14.4. The van der Waals surface area contributed by atoms with Gasteiger partial charge in [0.2, 0.25) is 0 Å². The van der Waals surface area contributed by atoms with Crippen LogP contribution in [0.4, 0.5) is 13.8 Å². The second-order valence-corrected chi connectivity index (χ2v) is 6.14. The molecule has 4 nitrogen and oxygen atoms in total. The van der Waals surface area contributed by atoms with Gasteiger partial charge in [0.25, 0.3) is 5.91 Å². The van der Waals surface area contributed by atoms with Crippen molar-refractivity contribution in [2.75, 3.05) is 12.4 Å². The molecule has 0 bridgehead atoms. The summed E-state index contributed by atoms with van der Waals surface area (Å²) in [6.45, 7) is 0. The van der Waals surface area contributed by atoms with Crippen LogP contribution in [-0.2, 0) is 4.74 Å². The largest absolute Gasteiger partial charge is 0.465 e. The topological polar surface area (TPSA) is 55.4 Å². The lowest BCUT2D eigenvalue weighted by Gasteiger charge is -2.09. The van der Waals surface area contributed by atoms with Crippen LogP contribution in [0.5, 0.6) is 0 Å². The number of anilines is 1. The highest BCUT2D eigenvalue weighted by Gasteiger charge is 2.24. The van der Waals surface area contributed by atoms with Crippen LogP contribution in [0.3, 0.4) is 0 Å². The molecular formula is C19H13F2NO3S. The van der Waals surface area contributed by atoms with E-state index in [1.165, 1.54) is 13.2 Å². The van der Waals surface area contributed by atoms with Gasteiger partial charge in [0.05, 0.1) is 7.11 Å². The third-order valence-corrected chi connectivity index (χ3v) is 4.58. The van der Waals surface area contributed by atoms with Crippen LogP contribution in [0.15, 0.2) is 53.9 Å². The first-order chi connectivity index (χ1) is 12.5. The van der Waals surface area contributed by atoms with Gasteiger partial charge in [0, 0.05) is 10.9 Å². The Bertz CT molecular complexity index is 950. The van der Waals surface area contributed by atoms with E-state index in [1.54, 1.807) is 29.6 Å². The predicted octanol–water partition coefficient (Wildman–Crippen LogP) is 4.73. The van der Waals surface area contributed by atoms with Crippen molar-refractivity contribution in [2.24, 2.45) is 0 Å². The zero-order valence-electron chi connectivity index (χ0n) is 13.6. The van der Waals surface area contributed by atoms with E-state index in [9.17, 15) is 18.4 Å². The maximum Gasteiger partial charge on any atom is 0.341 e. The smallest absolute Gasteiger partial charge is 0.341 e. The molecule has 0 atom stereocenters. The van der Waals surface area contributed by atoms with Crippen LogP contribution in [-0.4, -0.2) is 19.0 Å². The Morgan fingerprint density at radius 3 is 2.23 bits per heavy atom. The Morgan fingerprint density at radius 2 is 1.62 bits per heavy atom. The monoisotopic (exact) mass is 373 g/mol. The number of halogens is 2. The molecular weight excluding hydrogens is 360 g/mol. The van der Waals surface area contributed by atoms with Crippen LogP contribution < -0.4 is 5.32 Å². The SMILES string of the molecule is COC(=O)c1c(-c2ccccc2)csc1NC(=O)c1c(F)cccc1F. The van der Waals surface area contributed by atoms with Crippen molar-refractivity contribution < 1.29 is 23.1 Å². The number of rotatable bonds is 4. The molecule has 1 amide bonds. The van der Waals surface area contributed by atoms with E-state index >= 15 is 0 Å². The normalized spacial score (nSPS) is 10.4. The molecule has 132 valence electrons. The van der Waals surface area contributed by atoms with Gasteiger partial charge in [0.15, 0.2) is 0 Å². The summed E-state index contributed by atoms with van der Waals surface area (Å²) in [4.78, 5) is 24.6. The molecule has 1 N–H and O–H groups in total. The van der Waals surface area contributed by atoms with E-state index in [0.29, 0.717) is 5.56 Å². The summed E-state index contributed by atoms with van der Waals surface area (Å²) < 4.78 is 32.4. The van der Waals surface area contributed by atoms with Crippen molar-refractivity contribution in [1.82, 2.24) is 0 Å². The van der Waals surface area contributed by atoms with Crippen molar-refractivity contribution in [2.45, 2.75) is 0 Å². The van der Waals surface area contributed by atoms with Crippen molar-refractivity contribution in [1.29, 1.82) is 0 Å². The van der Waals surface area contributed by atoms with Gasteiger partial charge < -0.3 is 10.1 Å². The second-order valence-electron chi connectivity index (χ2n) is 5.26. The highest BCUT2D eigenvalue weighted by atomic mass is 32.1. The number of esters is 1. The summed E-state index contributed by atoms with van der Waals surface area (Å²) in [7, 11) is 1.22. The van der Waals surface area contributed by atoms with Gasteiger partial charge in [0.1, 0.15) is 27.8 Å². The average Bonchev–Trinajstić information content (AvgIpc) is 3.05. The number of amides is 1. The molecule has 0 saturated carbocycles. The van der Waals surface area contributed by atoms with Gasteiger partial charge in [-0.15, -0.1) is 11.3 Å². The Balaban J connectivity index is 2.02. The minimum Gasteiger partial charge on any atom is -0.465 e. The molecule has 7 heteroatoms. The number of hydrogen-bond acceptors (Lipinski definition) is 4. The van der Waals surface area contributed by atoms with Crippen molar-refractivity contribution in [3.05, 3.63) is 76.7 Å². The predicted molar refractivity (Wildman–Crippen MR) is 95.4 cm³/mol. The van der Waals surface area contributed by atoms with E-state index in [0.717, 1.165) is 29.0 Å². The third kappa shape index (κ3) is 3.34. The number of carbonyl (C=O) groups excluding carboxylic acids is 2. The molecule has 0 aliphatic heterocycles. The molecule has 3 aromatic rings. The fourth-order valence-corrected chi connectivity index (χ4v) is 3.42. The maximum absolute atomic E-state index is 13.8.